The van der Waals surface area contributed by atoms with E-state index >= 15 is 0 Å². The van der Waals surface area contributed by atoms with Crippen molar-refractivity contribution in [1.82, 2.24) is 9.97 Å². The Morgan fingerprint density at radius 2 is 2.11 bits per heavy atom. The Morgan fingerprint density at radius 1 is 1.26 bits per heavy atom. The molecule has 0 saturated heterocycles. The summed E-state index contributed by atoms with van der Waals surface area (Å²) in [6.07, 6.45) is 2.97. The van der Waals surface area contributed by atoms with Crippen LogP contribution in [0.4, 0.5) is 5.82 Å². The number of nitrogens with zero attached hydrogens (tertiary/aromatic N) is 3. The minimum absolute atomic E-state index is 0.0148. The third-order valence-electron chi connectivity index (χ3n) is 2.58. The van der Waals surface area contributed by atoms with Crippen LogP contribution < -0.4 is 4.90 Å². The topological polar surface area (TPSA) is 49.2 Å². The maximum atomic E-state index is 9.17. The molecule has 0 unspecified atom stereocenters. The number of aliphatic hydroxyl groups is 1. The Balaban J connectivity index is 2.24. The first-order valence-electron chi connectivity index (χ1n) is 5.76. The van der Waals surface area contributed by atoms with Gasteiger partial charge in [-0.05, 0) is 17.7 Å². The molecule has 1 aromatic heterocycles. The van der Waals surface area contributed by atoms with Crippen molar-refractivity contribution in [2.24, 2.45) is 0 Å². The molecule has 2 rings (SSSR count). The molecular formula is C13H13Cl2N3O. The van der Waals surface area contributed by atoms with Crippen LogP contribution in [0.3, 0.4) is 0 Å². The van der Waals surface area contributed by atoms with Crippen LogP contribution in [-0.2, 0) is 6.54 Å². The van der Waals surface area contributed by atoms with Crippen LogP contribution in [0.25, 0.3) is 0 Å². The standard InChI is InChI=1S/C13H13Cl2N3O/c14-11-3-1-2-10(6-11)8-18(4-5-19)13-12(15)7-16-9-17-13/h1-3,6-7,9,19H,4-5,8H2. The minimum atomic E-state index is 0.0148. The van der Waals surface area contributed by atoms with Crippen LogP contribution >= 0.6 is 23.2 Å². The first-order chi connectivity index (χ1) is 9.20. The summed E-state index contributed by atoms with van der Waals surface area (Å²) in [6, 6.07) is 7.54. The van der Waals surface area contributed by atoms with Crippen molar-refractivity contribution in [3.8, 4) is 0 Å². The van der Waals surface area contributed by atoms with E-state index in [4.69, 9.17) is 28.3 Å². The molecule has 19 heavy (non-hydrogen) atoms. The smallest absolute Gasteiger partial charge is 0.151 e. The van der Waals surface area contributed by atoms with Crippen LogP contribution in [-0.4, -0.2) is 28.2 Å². The number of anilines is 1. The Bertz CT molecular complexity index is 551. The van der Waals surface area contributed by atoms with Gasteiger partial charge in [0.25, 0.3) is 0 Å². The predicted octanol–water partition coefficient (Wildman–Crippen LogP) is 2.78. The number of halogens is 2. The summed E-state index contributed by atoms with van der Waals surface area (Å²) >= 11 is 12.0. The highest BCUT2D eigenvalue weighted by molar-refractivity contribution is 6.32. The lowest BCUT2D eigenvalue weighted by Gasteiger charge is -2.23. The van der Waals surface area contributed by atoms with E-state index in [0.29, 0.717) is 29.0 Å². The predicted molar refractivity (Wildman–Crippen MR) is 76.6 cm³/mol. The first kappa shape index (κ1) is 14.1. The zero-order valence-corrected chi connectivity index (χ0v) is 11.6. The van der Waals surface area contributed by atoms with Gasteiger partial charge < -0.3 is 10.0 Å². The third-order valence-corrected chi connectivity index (χ3v) is 3.08. The van der Waals surface area contributed by atoms with E-state index in [1.165, 1.54) is 12.5 Å². The fraction of sp³-hybridized carbons (Fsp3) is 0.231. The van der Waals surface area contributed by atoms with Crippen LogP contribution in [0.2, 0.25) is 10.0 Å². The first-order valence-corrected chi connectivity index (χ1v) is 6.52. The molecule has 0 amide bonds. The Morgan fingerprint density at radius 3 is 2.79 bits per heavy atom. The summed E-state index contributed by atoms with van der Waals surface area (Å²) in [6.45, 7) is 1.02. The van der Waals surface area contributed by atoms with Gasteiger partial charge in [-0.2, -0.15) is 0 Å². The van der Waals surface area contributed by atoms with E-state index < -0.39 is 0 Å². The van der Waals surface area contributed by atoms with E-state index in [-0.39, 0.29) is 6.61 Å². The van der Waals surface area contributed by atoms with Gasteiger partial charge in [0.05, 0.1) is 12.8 Å². The molecule has 1 N–H and O–H groups in total. The maximum absolute atomic E-state index is 9.17. The number of aromatic nitrogens is 2. The highest BCUT2D eigenvalue weighted by Gasteiger charge is 2.12. The molecule has 0 aliphatic carbocycles. The summed E-state index contributed by atoms with van der Waals surface area (Å²) in [4.78, 5) is 9.89. The molecule has 4 nitrogen and oxygen atoms in total. The molecule has 1 heterocycles. The Kier molecular flexibility index (Phi) is 4.96. The van der Waals surface area contributed by atoms with Crippen LogP contribution in [0.1, 0.15) is 5.56 Å². The van der Waals surface area contributed by atoms with Crippen molar-refractivity contribution < 1.29 is 5.11 Å². The molecule has 0 saturated carbocycles. The molecule has 100 valence electrons. The van der Waals surface area contributed by atoms with Crippen molar-refractivity contribution in [1.29, 1.82) is 0 Å². The Hall–Kier alpha value is -1.36. The molecular weight excluding hydrogens is 285 g/mol. The van der Waals surface area contributed by atoms with Crippen molar-refractivity contribution in [2.45, 2.75) is 6.54 Å². The lowest BCUT2D eigenvalue weighted by molar-refractivity contribution is 0.301. The van der Waals surface area contributed by atoms with E-state index in [0.717, 1.165) is 5.56 Å². The van der Waals surface area contributed by atoms with Gasteiger partial charge in [0.2, 0.25) is 0 Å². The molecule has 1 aromatic carbocycles. The molecule has 6 heteroatoms. The second-order valence-corrected chi connectivity index (χ2v) is 4.81. The average Bonchev–Trinajstić information content (AvgIpc) is 2.39. The quantitative estimate of drug-likeness (QED) is 0.922. The maximum Gasteiger partial charge on any atom is 0.151 e. The summed E-state index contributed by atoms with van der Waals surface area (Å²) in [5, 5.41) is 10.3. The molecule has 0 aliphatic heterocycles. The van der Waals surface area contributed by atoms with Crippen molar-refractivity contribution in [2.75, 3.05) is 18.1 Å². The van der Waals surface area contributed by atoms with Gasteiger partial charge >= 0.3 is 0 Å². The monoisotopic (exact) mass is 297 g/mol. The number of hydrogen-bond acceptors (Lipinski definition) is 4. The lowest BCUT2D eigenvalue weighted by atomic mass is 10.2. The van der Waals surface area contributed by atoms with Crippen LogP contribution in [0.15, 0.2) is 36.8 Å². The van der Waals surface area contributed by atoms with E-state index in [1.54, 1.807) is 0 Å². The second-order valence-electron chi connectivity index (χ2n) is 3.97. The number of hydrogen-bond donors (Lipinski definition) is 1. The van der Waals surface area contributed by atoms with Gasteiger partial charge in [-0.1, -0.05) is 35.3 Å². The normalized spacial score (nSPS) is 10.5. The Labute approximate surface area is 121 Å². The van der Waals surface area contributed by atoms with Crippen molar-refractivity contribution in [3.05, 3.63) is 52.4 Å². The zero-order chi connectivity index (χ0) is 13.7. The molecule has 0 spiro atoms. The molecule has 0 bridgehead atoms. The van der Waals surface area contributed by atoms with Crippen LogP contribution in [0.5, 0.6) is 0 Å². The van der Waals surface area contributed by atoms with Gasteiger partial charge in [0.1, 0.15) is 11.3 Å². The van der Waals surface area contributed by atoms with Gasteiger partial charge in [0.15, 0.2) is 5.82 Å². The largest absolute Gasteiger partial charge is 0.395 e. The molecule has 0 aliphatic rings. The molecule has 2 aromatic rings. The SMILES string of the molecule is OCCN(Cc1cccc(Cl)c1)c1ncncc1Cl. The van der Waals surface area contributed by atoms with Crippen molar-refractivity contribution >= 4 is 29.0 Å². The van der Waals surface area contributed by atoms with Gasteiger partial charge in [-0.3, -0.25) is 0 Å². The summed E-state index contributed by atoms with van der Waals surface area (Å²) in [7, 11) is 0. The highest BCUT2D eigenvalue weighted by Crippen LogP contribution is 2.23. The minimum Gasteiger partial charge on any atom is -0.395 e. The van der Waals surface area contributed by atoms with E-state index in [2.05, 4.69) is 9.97 Å². The summed E-state index contributed by atoms with van der Waals surface area (Å²) in [5.74, 6) is 0.602. The van der Waals surface area contributed by atoms with Gasteiger partial charge in [-0.15, -0.1) is 0 Å². The van der Waals surface area contributed by atoms with Gasteiger partial charge in [0, 0.05) is 18.1 Å². The molecule has 0 fully saturated rings. The van der Waals surface area contributed by atoms with E-state index in [9.17, 15) is 0 Å². The second kappa shape index (κ2) is 6.70. The highest BCUT2D eigenvalue weighted by atomic mass is 35.5. The van der Waals surface area contributed by atoms with Crippen molar-refractivity contribution in [3.63, 3.8) is 0 Å². The summed E-state index contributed by atoms with van der Waals surface area (Å²) in [5.41, 5.74) is 1.02. The average molecular weight is 298 g/mol. The number of rotatable bonds is 5. The van der Waals surface area contributed by atoms with Gasteiger partial charge in [-0.25, -0.2) is 9.97 Å². The molecule has 0 atom stereocenters. The lowest BCUT2D eigenvalue weighted by Crippen LogP contribution is -2.27. The fourth-order valence-electron chi connectivity index (χ4n) is 1.78. The summed E-state index contributed by atoms with van der Waals surface area (Å²) < 4.78 is 0. The molecule has 0 radical (unpaired) electrons. The number of benzene rings is 1. The number of aliphatic hydroxyl groups excluding tert-OH is 1. The van der Waals surface area contributed by atoms with Crippen LogP contribution in [0, 0.1) is 0 Å². The van der Waals surface area contributed by atoms with E-state index in [1.807, 2.05) is 29.2 Å². The zero-order valence-electron chi connectivity index (χ0n) is 10.1. The fourth-order valence-corrected chi connectivity index (χ4v) is 2.21. The third kappa shape index (κ3) is 3.80.